The van der Waals surface area contributed by atoms with Crippen LogP contribution in [-0.4, -0.2) is 37.2 Å². The maximum absolute atomic E-state index is 11.8. The Kier molecular flexibility index (Phi) is 4.90. The van der Waals surface area contributed by atoms with Crippen molar-refractivity contribution in [2.75, 3.05) is 25.2 Å². The summed E-state index contributed by atoms with van der Waals surface area (Å²) in [6, 6.07) is 7.35. The average Bonchev–Trinajstić information content (AvgIpc) is 2.46. The molecule has 0 amide bonds. The molecule has 1 N–H and O–H groups in total. The minimum atomic E-state index is -0.169. The zero-order chi connectivity index (χ0) is 12.8. The van der Waals surface area contributed by atoms with Crippen LogP contribution in [0.3, 0.4) is 0 Å². The van der Waals surface area contributed by atoms with E-state index < -0.39 is 0 Å². The summed E-state index contributed by atoms with van der Waals surface area (Å²) in [4.78, 5) is 11.8. The number of esters is 1. The lowest BCUT2D eigenvalue weighted by molar-refractivity contribution is -0.146. The fourth-order valence-electron chi connectivity index (χ4n) is 1.69. The SMILES string of the molecule is COc1ccc(COC(=O)C2CSCCN2)cc1. The predicted molar refractivity (Wildman–Crippen MR) is 71.9 cm³/mol. The fourth-order valence-corrected chi connectivity index (χ4v) is 2.61. The largest absolute Gasteiger partial charge is 0.497 e. The van der Waals surface area contributed by atoms with Gasteiger partial charge in [0.05, 0.1) is 7.11 Å². The van der Waals surface area contributed by atoms with Crippen LogP contribution >= 0.6 is 11.8 Å². The Balaban J connectivity index is 1.80. The van der Waals surface area contributed by atoms with Crippen LogP contribution in [0.25, 0.3) is 0 Å². The first-order chi connectivity index (χ1) is 8.79. The van der Waals surface area contributed by atoms with E-state index in [0.717, 1.165) is 29.4 Å². The molecule has 1 aliphatic rings. The number of nitrogens with one attached hydrogen (secondary N) is 1. The summed E-state index contributed by atoms with van der Waals surface area (Å²) in [7, 11) is 1.63. The molecule has 1 aromatic carbocycles. The average molecular weight is 267 g/mol. The van der Waals surface area contributed by atoms with E-state index in [0.29, 0.717) is 6.61 Å². The molecule has 1 heterocycles. The van der Waals surface area contributed by atoms with Crippen LogP contribution in [-0.2, 0) is 16.1 Å². The van der Waals surface area contributed by atoms with Crippen LogP contribution in [0.5, 0.6) is 5.75 Å². The third-order valence-corrected chi connectivity index (χ3v) is 3.81. The number of methoxy groups -OCH3 is 1. The maximum atomic E-state index is 11.8. The molecule has 0 bridgehead atoms. The van der Waals surface area contributed by atoms with Gasteiger partial charge in [-0.15, -0.1) is 0 Å². The Morgan fingerprint density at radius 1 is 1.44 bits per heavy atom. The molecular weight excluding hydrogens is 250 g/mol. The minimum absolute atomic E-state index is 0.165. The number of rotatable bonds is 4. The van der Waals surface area contributed by atoms with Crippen LogP contribution in [0.15, 0.2) is 24.3 Å². The molecule has 2 rings (SSSR count). The van der Waals surface area contributed by atoms with Gasteiger partial charge in [-0.2, -0.15) is 11.8 Å². The quantitative estimate of drug-likeness (QED) is 0.837. The van der Waals surface area contributed by atoms with Gasteiger partial charge in [0.15, 0.2) is 0 Å². The lowest BCUT2D eigenvalue weighted by atomic mass is 10.2. The number of hydrogen-bond acceptors (Lipinski definition) is 5. The molecule has 1 aromatic rings. The van der Waals surface area contributed by atoms with Crippen molar-refractivity contribution in [2.24, 2.45) is 0 Å². The highest BCUT2D eigenvalue weighted by Gasteiger charge is 2.22. The molecule has 0 radical (unpaired) electrons. The van der Waals surface area contributed by atoms with Gasteiger partial charge in [0.25, 0.3) is 0 Å². The van der Waals surface area contributed by atoms with Crippen molar-refractivity contribution in [1.82, 2.24) is 5.32 Å². The number of thioether (sulfide) groups is 1. The molecule has 0 aliphatic carbocycles. The summed E-state index contributed by atoms with van der Waals surface area (Å²) < 4.78 is 10.4. The highest BCUT2D eigenvalue weighted by Crippen LogP contribution is 2.13. The number of benzene rings is 1. The lowest BCUT2D eigenvalue weighted by Crippen LogP contribution is -2.44. The van der Waals surface area contributed by atoms with Gasteiger partial charge in [0.1, 0.15) is 18.4 Å². The number of hydrogen-bond donors (Lipinski definition) is 1. The van der Waals surface area contributed by atoms with Gasteiger partial charge in [0.2, 0.25) is 0 Å². The molecule has 18 heavy (non-hydrogen) atoms. The van der Waals surface area contributed by atoms with E-state index in [2.05, 4.69) is 5.32 Å². The Labute approximate surface area is 111 Å². The summed E-state index contributed by atoms with van der Waals surface area (Å²) >= 11 is 1.78. The number of ether oxygens (including phenoxy) is 2. The van der Waals surface area contributed by atoms with Crippen LogP contribution in [0, 0.1) is 0 Å². The van der Waals surface area contributed by atoms with Gasteiger partial charge in [0, 0.05) is 18.1 Å². The zero-order valence-electron chi connectivity index (χ0n) is 10.3. The molecule has 1 atom stereocenters. The predicted octanol–water partition coefficient (Wildman–Crippen LogP) is 1.44. The van der Waals surface area contributed by atoms with E-state index in [1.807, 2.05) is 24.3 Å². The molecule has 5 heteroatoms. The summed E-state index contributed by atoms with van der Waals surface area (Å²) in [6.07, 6.45) is 0. The fraction of sp³-hybridized carbons (Fsp3) is 0.462. The Hall–Kier alpha value is -1.20. The number of carbonyl (C=O) groups excluding carboxylic acids is 1. The monoisotopic (exact) mass is 267 g/mol. The molecular formula is C13H17NO3S. The van der Waals surface area contributed by atoms with Crippen molar-refractivity contribution in [1.29, 1.82) is 0 Å². The molecule has 98 valence electrons. The Bertz CT molecular complexity index is 388. The van der Waals surface area contributed by atoms with E-state index in [9.17, 15) is 4.79 Å². The van der Waals surface area contributed by atoms with Crippen molar-refractivity contribution in [2.45, 2.75) is 12.6 Å². The molecule has 4 nitrogen and oxygen atoms in total. The highest BCUT2D eigenvalue weighted by atomic mass is 32.2. The zero-order valence-corrected chi connectivity index (χ0v) is 11.2. The van der Waals surface area contributed by atoms with E-state index in [4.69, 9.17) is 9.47 Å². The third-order valence-electron chi connectivity index (χ3n) is 2.75. The van der Waals surface area contributed by atoms with Gasteiger partial charge in [-0.05, 0) is 17.7 Å². The van der Waals surface area contributed by atoms with E-state index >= 15 is 0 Å². The minimum Gasteiger partial charge on any atom is -0.497 e. The normalized spacial score (nSPS) is 19.3. The van der Waals surface area contributed by atoms with E-state index in [1.165, 1.54) is 0 Å². The second-order valence-corrected chi connectivity index (χ2v) is 5.19. The first-order valence-corrected chi connectivity index (χ1v) is 7.06. The van der Waals surface area contributed by atoms with Crippen LogP contribution in [0.1, 0.15) is 5.56 Å². The van der Waals surface area contributed by atoms with Crippen molar-refractivity contribution >= 4 is 17.7 Å². The highest BCUT2D eigenvalue weighted by molar-refractivity contribution is 7.99. The first kappa shape index (κ1) is 13.2. The molecule has 0 aromatic heterocycles. The summed E-state index contributed by atoms with van der Waals surface area (Å²) in [6.45, 7) is 1.18. The summed E-state index contributed by atoms with van der Waals surface area (Å²) in [5.74, 6) is 2.48. The van der Waals surface area contributed by atoms with Gasteiger partial charge in [-0.25, -0.2) is 0 Å². The van der Waals surface area contributed by atoms with Crippen molar-refractivity contribution in [3.8, 4) is 5.75 Å². The van der Waals surface area contributed by atoms with Crippen LogP contribution in [0.4, 0.5) is 0 Å². The second kappa shape index (κ2) is 6.66. The molecule has 0 saturated carbocycles. The smallest absolute Gasteiger partial charge is 0.324 e. The Morgan fingerprint density at radius 2 is 2.22 bits per heavy atom. The van der Waals surface area contributed by atoms with Gasteiger partial charge < -0.3 is 14.8 Å². The second-order valence-electron chi connectivity index (χ2n) is 4.04. The maximum Gasteiger partial charge on any atom is 0.324 e. The summed E-state index contributed by atoms with van der Waals surface area (Å²) in [5.41, 5.74) is 0.965. The van der Waals surface area contributed by atoms with Crippen LogP contribution in [0.2, 0.25) is 0 Å². The lowest BCUT2D eigenvalue weighted by Gasteiger charge is -2.21. The third kappa shape index (κ3) is 3.65. The van der Waals surface area contributed by atoms with Gasteiger partial charge in [-0.3, -0.25) is 4.79 Å². The molecule has 1 aliphatic heterocycles. The molecule has 1 unspecified atom stereocenters. The molecule has 1 fully saturated rings. The van der Waals surface area contributed by atoms with Crippen molar-refractivity contribution < 1.29 is 14.3 Å². The topological polar surface area (TPSA) is 47.6 Å². The van der Waals surface area contributed by atoms with Crippen molar-refractivity contribution in [3.63, 3.8) is 0 Å². The standard InChI is InChI=1S/C13H17NO3S/c1-16-11-4-2-10(3-5-11)8-17-13(15)12-9-18-7-6-14-12/h2-5,12,14H,6-9H2,1H3. The summed E-state index contributed by atoms with van der Waals surface area (Å²) in [5, 5.41) is 3.16. The number of carbonyl (C=O) groups is 1. The van der Waals surface area contributed by atoms with Crippen molar-refractivity contribution in [3.05, 3.63) is 29.8 Å². The van der Waals surface area contributed by atoms with Gasteiger partial charge >= 0.3 is 5.97 Å². The first-order valence-electron chi connectivity index (χ1n) is 5.90. The van der Waals surface area contributed by atoms with E-state index in [-0.39, 0.29) is 12.0 Å². The van der Waals surface area contributed by atoms with Crippen LogP contribution < -0.4 is 10.1 Å². The van der Waals surface area contributed by atoms with Gasteiger partial charge in [-0.1, -0.05) is 12.1 Å². The molecule has 0 spiro atoms. The molecule has 1 saturated heterocycles. The Morgan fingerprint density at radius 3 is 2.83 bits per heavy atom. The van der Waals surface area contributed by atoms with E-state index in [1.54, 1.807) is 18.9 Å².